The van der Waals surface area contributed by atoms with Crippen molar-refractivity contribution in [3.8, 4) is 0 Å². The molecule has 0 N–H and O–H groups in total. The molecule has 92 valence electrons. The number of nitrogens with zero attached hydrogens (tertiary/aromatic N) is 2. The topological polar surface area (TPSA) is 33.2 Å². The van der Waals surface area contributed by atoms with Gasteiger partial charge in [-0.15, -0.1) is 11.6 Å². The highest BCUT2D eigenvalue weighted by molar-refractivity contribution is 6.18. The minimum atomic E-state index is 0.0582. The molecule has 2 rings (SSSR count). The summed E-state index contributed by atoms with van der Waals surface area (Å²) < 4.78 is 0. The van der Waals surface area contributed by atoms with Crippen molar-refractivity contribution >= 4 is 17.5 Å². The van der Waals surface area contributed by atoms with Gasteiger partial charge < -0.3 is 4.90 Å². The fourth-order valence-electron chi connectivity index (χ4n) is 2.00. The van der Waals surface area contributed by atoms with E-state index >= 15 is 0 Å². The van der Waals surface area contributed by atoms with Crippen LogP contribution in [0.15, 0.2) is 18.3 Å². The van der Waals surface area contributed by atoms with Gasteiger partial charge in [0.1, 0.15) is 0 Å². The quantitative estimate of drug-likeness (QED) is 0.772. The van der Waals surface area contributed by atoms with Crippen molar-refractivity contribution in [3.05, 3.63) is 29.6 Å². The highest BCUT2D eigenvalue weighted by Crippen LogP contribution is 2.26. The molecular formula is C13H17ClN2O. The molecule has 0 radical (unpaired) electrons. The minimum absolute atomic E-state index is 0.0582. The van der Waals surface area contributed by atoms with Gasteiger partial charge in [0.05, 0.1) is 5.56 Å². The van der Waals surface area contributed by atoms with Gasteiger partial charge in [0.25, 0.3) is 5.91 Å². The van der Waals surface area contributed by atoms with Crippen LogP contribution in [0.1, 0.15) is 35.3 Å². The predicted molar refractivity (Wildman–Crippen MR) is 68.4 cm³/mol. The molecule has 0 unspecified atom stereocenters. The summed E-state index contributed by atoms with van der Waals surface area (Å²) in [6, 6.07) is 4.08. The summed E-state index contributed by atoms with van der Waals surface area (Å²) in [6.45, 7) is 2.54. The molecule has 0 atom stereocenters. The summed E-state index contributed by atoms with van der Waals surface area (Å²) in [5.41, 5.74) is 1.58. The van der Waals surface area contributed by atoms with Crippen LogP contribution in [0.4, 0.5) is 0 Å². The Hall–Kier alpha value is -1.09. The largest absolute Gasteiger partial charge is 0.334 e. The van der Waals surface area contributed by atoms with Crippen LogP contribution in [0.25, 0.3) is 0 Å². The Morgan fingerprint density at radius 1 is 1.53 bits per heavy atom. The molecule has 1 saturated carbocycles. The normalized spacial score (nSPS) is 15.4. The van der Waals surface area contributed by atoms with Crippen molar-refractivity contribution in [1.82, 2.24) is 9.88 Å². The van der Waals surface area contributed by atoms with Gasteiger partial charge in [-0.25, -0.2) is 0 Å². The molecule has 0 aliphatic heterocycles. The van der Waals surface area contributed by atoms with E-state index in [2.05, 4.69) is 4.98 Å². The number of amides is 1. The van der Waals surface area contributed by atoms with Gasteiger partial charge in [-0.3, -0.25) is 9.78 Å². The highest BCUT2D eigenvalue weighted by Gasteiger charge is 2.28. The second-order valence-electron chi connectivity index (χ2n) is 4.46. The van der Waals surface area contributed by atoms with E-state index in [1.54, 1.807) is 6.20 Å². The lowest BCUT2D eigenvalue weighted by Crippen LogP contribution is -2.45. The Bertz CT molecular complexity index is 387. The molecule has 1 heterocycles. The monoisotopic (exact) mass is 252 g/mol. The fraction of sp³-hybridized carbons (Fsp3) is 0.538. The summed E-state index contributed by atoms with van der Waals surface area (Å²) in [5, 5.41) is 0. The van der Waals surface area contributed by atoms with Crippen LogP contribution in [0.2, 0.25) is 0 Å². The molecule has 17 heavy (non-hydrogen) atoms. The van der Waals surface area contributed by atoms with Crippen molar-refractivity contribution in [2.75, 3.05) is 12.4 Å². The lowest BCUT2D eigenvalue weighted by molar-refractivity contribution is 0.0597. The average Bonchev–Trinajstić information content (AvgIpc) is 2.26. The van der Waals surface area contributed by atoms with E-state index in [-0.39, 0.29) is 5.91 Å². The zero-order valence-electron chi connectivity index (χ0n) is 10.0. The molecule has 3 nitrogen and oxygen atoms in total. The number of hydrogen-bond donors (Lipinski definition) is 0. The Morgan fingerprint density at radius 2 is 2.29 bits per heavy atom. The van der Waals surface area contributed by atoms with Crippen LogP contribution in [0, 0.1) is 6.92 Å². The molecule has 0 aromatic carbocycles. The maximum absolute atomic E-state index is 12.3. The summed E-state index contributed by atoms with van der Waals surface area (Å²) in [6.07, 6.45) is 5.06. The molecular weight excluding hydrogens is 236 g/mol. The van der Waals surface area contributed by atoms with E-state index in [1.165, 1.54) is 6.42 Å². The molecule has 1 fully saturated rings. The number of aromatic nitrogens is 1. The first-order valence-corrected chi connectivity index (χ1v) is 6.55. The third-order valence-corrected chi connectivity index (χ3v) is 3.43. The number of rotatable bonds is 4. The Labute approximate surface area is 107 Å². The third-order valence-electron chi connectivity index (χ3n) is 3.26. The molecule has 1 aromatic rings. The standard InChI is InChI=1S/C13H17ClN2O/c1-10-5-6-11(9-15-10)13(17)16(8-7-14)12-3-2-4-12/h5-6,9,12H,2-4,7-8H2,1H3. The molecule has 0 bridgehead atoms. The second-order valence-corrected chi connectivity index (χ2v) is 4.84. The van der Waals surface area contributed by atoms with Crippen LogP contribution in [-0.2, 0) is 0 Å². The number of aryl methyl sites for hydroxylation is 1. The van der Waals surface area contributed by atoms with Gasteiger partial charge in [0.15, 0.2) is 0 Å². The van der Waals surface area contributed by atoms with E-state index in [0.29, 0.717) is 24.0 Å². The van der Waals surface area contributed by atoms with Gasteiger partial charge in [0, 0.05) is 30.4 Å². The number of alkyl halides is 1. The van der Waals surface area contributed by atoms with Gasteiger partial charge in [-0.2, -0.15) is 0 Å². The first-order chi connectivity index (χ1) is 8.22. The summed E-state index contributed by atoms with van der Waals surface area (Å²) in [7, 11) is 0. The van der Waals surface area contributed by atoms with E-state index in [9.17, 15) is 4.79 Å². The molecule has 0 spiro atoms. The molecule has 1 aliphatic rings. The van der Waals surface area contributed by atoms with Crippen molar-refractivity contribution in [2.45, 2.75) is 32.2 Å². The van der Waals surface area contributed by atoms with Crippen molar-refractivity contribution in [3.63, 3.8) is 0 Å². The predicted octanol–water partition coefficient (Wildman–Crippen LogP) is 2.62. The zero-order chi connectivity index (χ0) is 12.3. The second kappa shape index (κ2) is 5.50. The lowest BCUT2D eigenvalue weighted by atomic mass is 9.91. The van der Waals surface area contributed by atoms with E-state index in [1.807, 2.05) is 24.0 Å². The Balaban J connectivity index is 2.12. The van der Waals surface area contributed by atoms with E-state index in [4.69, 9.17) is 11.6 Å². The lowest BCUT2D eigenvalue weighted by Gasteiger charge is -2.37. The SMILES string of the molecule is Cc1ccc(C(=O)N(CCCl)C2CCC2)cn1. The van der Waals surface area contributed by atoms with Crippen molar-refractivity contribution < 1.29 is 4.79 Å². The zero-order valence-corrected chi connectivity index (χ0v) is 10.8. The van der Waals surface area contributed by atoms with Gasteiger partial charge in [-0.1, -0.05) is 0 Å². The number of halogens is 1. The molecule has 1 amide bonds. The van der Waals surface area contributed by atoms with Crippen molar-refractivity contribution in [2.24, 2.45) is 0 Å². The third kappa shape index (κ3) is 2.78. The van der Waals surface area contributed by atoms with Crippen LogP contribution in [-0.4, -0.2) is 34.3 Å². The molecule has 4 heteroatoms. The molecule has 0 saturated heterocycles. The number of pyridine rings is 1. The highest BCUT2D eigenvalue weighted by atomic mass is 35.5. The van der Waals surface area contributed by atoms with E-state index in [0.717, 1.165) is 18.5 Å². The van der Waals surface area contributed by atoms with Crippen LogP contribution in [0.5, 0.6) is 0 Å². The smallest absolute Gasteiger partial charge is 0.255 e. The first-order valence-electron chi connectivity index (χ1n) is 6.02. The van der Waals surface area contributed by atoms with Crippen LogP contribution < -0.4 is 0 Å². The van der Waals surface area contributed by atoms with Crippen LogP contribution >= 0.6 is 11.6 Å². The number of carbonyl (C=O) groups is 1. The summed E-state index contributed by atoms with van der Waals surface area (Å²) >= 11 is 5.77. The average molecular weight is 253 g/mol. The molecule has 1 aliphatic carbocycles. The van der Waals surface area contributed by atoms with E-state index < -0.39 is 0 Å². The summed E-state index contributed by atoms with van der Waals surface area (Å²) in [5.74, 6) is 0.546. The van der Waals surface area contributed by atoms with Gasteiger partial charge >= 0.3 is 0 Å². The Kier molecular flexibility index (Phi) is 4.00. The first kappa shape index (κ1) is 12.4. The van der Waals surface area contributed by atoms with Gasteiger partial charge in [-0.05, 0) is 38.3 Å². The number of carbonyl (C=O) groups excluding carboxylic acids is 1. The fourth-order valence-corrected chi connectivity index (χ4v) is 2.18. The number of hydrogen-bond acceptors (Lipinski definition) is 2. The van der Waals surface area contributed by atoms with Crippen LogP contribution in [0.3, 0.4) is 0 Å². The van der Waals surface area contributed by atoms with Gasteiger partial charge in [0.2, 0.25) is 0 Å². The molecule has 1 aromatic heterocycles. The minimum Gasteiger partial charge on any atom is -0.334 e. The Morgan fingerprint density at radius 3 is 2.76 bits per heavy atom. The van der Waals surface area contributed by atoms with Crippen molar-refractivity contribution in [1.29, 1.82) is 0 Å². The maximum atomic E-state index is 12.3. The summed E-state index contributed by atoms with van der Waals surface area (Å²) in [4.78, 5) is 18.4. The maximum Gasteiger partial charge on any atom is 0.255 e.